The first-order valence-electron chi connectivity index (χ1n) is 6.79. The maximum absolute atomic E-state index is 11.2. The summed E-state index contributed by atoms with van der Waals surface area (Å²) in [7, 11) is 0. The molecule has 0 radical (unpaired) electrons. The number of carboxylic acids is 1. The lowest BCUT2D eigenvalue weighted by Crippen LogP contribution is -2.50. The van der Waals surface area contributed by atoms with Gasteiger partial charge in [0.15, 0.2) is 6.29 Å². The van der Waals surface area contributed by atoms with Crippen molar-refractivity contribution in [3.05, 3.63) is 35.9 Å². The van der Waals surface area contributed by atoms with Gasteiger partial charge in [-0.3, -0.25) is 10.1 Å². The van der Waals surface area contributed by atoms with Crippen LogP contribution in [0.5, 0.6) is 0 Å². The predicted molar refractivity (Wildman–Crippen MR) is 76.2 cm³/mol. The van der Waals surface area contributed by atoms with Gasteiger partial charge in [-0.1, -0.05) is 44.2 Å². The molecule has 0 unspecified atom stereocenters. The minimum absolute atomic E-state index is 0.205. The molecule has 5 heteroatoms. The lowest BCUT2D eigenvalue weighted by atomic mass is 10.0. The molecule has 0 aliphatic carbocycles. The quantitative estimate of drug-likeness (QED) is 0.534. The van der Waals surface area contributed by atoms with E-state index in [0.29, 0.717) is 12.8 Å². The zero-order chi connectivity index (χ0) is 15.1. The lowest BCUT2D eigenvalue weighted by molar-refractivity contribution is -0.141. The maximum atomic E-state index is 11.2. The van der Waals surface area contributed by atoms with E-state index in [9.17, 15) is 20.1 Å². The Bertz CT molecular complexity index is 406. The Morgan fingerprint density at radius 2 is 1.80 bits per heavy atom. The van der Waals surface area contributed by atoms with Crippen LogP contribution in [0.25, 0.3) is 0 Å². The number of aliphatic hydroxyl groups is 2. The normalized spacial score (nSPS) is 14.5. The standard InChI is InChI=1S/C15H23NO4/c1-10(2)8-12(14(17)18)16-13(15(19)20)9-11-6-4-3-5-7-11/h3-7,10,12-13,15-16,19-20H,8-9H2,1-2H3,(H,17,18)/t12-,13-/m0/s1. The summed E-state index contributed by atoms with van der Waals surface area (Å²) in [6, 6.07) is 7.84. The highest BCUT2D eigenvalue weighted by molar-refractivity contribution is 5.73. The molecule has 0 saturated carbocycles. The van der Waals surface area contributed by atoms with E-state index >= 15 is 0 Å². The highest BCUT2D eigenvalue weighted by Crippen LogP contribution is 2.10. The molecule has 0 bridgehead atoms. The van der Waals surface area contributed by atoms with E-state index in [-0.39, 0.29) is 5.92 Å². The van der Waals surface area contributed by atoms with Gasteiger partial charge < -0.3 is 15.3 Å². The molecule has 0 fully saturated rings. The first kappa shape index (κ1) is 16.6. The number of hydrogen-bond acceptors (Lipinski definition) is 4. The zero-order valence-corrected chi connectivity index (χ0v) is 11.9. The predicted octanol–water partition coefficient (Wildman–Crippen LogP) is 0.997. The van der Waals surface area contributed by atoms with Crippen molar-refractivity contribution < 1.29 is 20.1 Å². The summed E-state index contributed by atoms with van der Waals surface area (Å²) in [6.07, 6.45) is -0.808. The molecule has 0 spiro atoms. The number of nitrogens with one attached hydrogen (secondary N) is 1. The van der Waals surface area contributed by atoms with Gasteiger partial charge in [-0.2, -0.15) is 0 Å². The van der Waals surface area contributed by atoms with Gasteiger partial charge >= 0.3 is 5.97 Å². The molecule has 0 amide bonds. The largest absolute Gasteiger partial charge is 0.480 e. The van der Waals surface area contributed by atoms with Crippen LogP contribution in [0, 0.1) is 5.92 Å². The van der Waals surface area contributed by atoms with E-state index in [2.05, 4.69) is 5.32 Å². The second-order valence-corrected chi connectivity index (χ2v) is 5.40. The summed E-state index contributed by atoms with van der Waals surface area (Å²) in [4.78, 5) is 11.2. The third-order valence-corrected chi connectivity index (χ3v) is 3.08. The second kappa shape index (κ2) is 7.99. The SMILES string of the molecule is CC(C)C[C@H](N[C@@H](Cc1ccccc1)C(O)O)C(=O)O. The minimum atomic E-state index is -1.61. The van der Waals surface area contributed by atoms with Gasteiger partial charge in [0, 0.05) is 0 Å². The van der Waals surface area contributed by atoms with Crippen molar-refractivity contribution in [3.63, 3.8) is 0 Å². The average Bonchev–Trinajstić information content (AvgIpc) is 2.37. The fourth-order valence-electron chi connectivity index (χ4n) is 2.09. The summed E-state index contributed by atoms with van der Waals surface area (Å²) >= 11 is 0. The van der Waals surface area contributed by atoms with Gasteiger partial charge in [-0.15, -0.1) is 0 Å². The van der Waals surface area contributed by atoms with E-state index in [0.717, 1.165) is 5.56 Å². The molecule has 0 saturated heterocycles. The molecule has 1 aromatic carbocycles. The van der Waals surface area contributed by atoms with Crippen LogP contribution in [0.15, 0.2) is 30.3 Å². The van der Waals surface area contributed by atoms with Gasteiger partial charge in [0.25, 0.3) is 0 Å². The van der Waals surface area contributed by atoms with Gasteiger partial charge in [-0.05, 0) is 24.3 Å². The van der Waals surface area contributed by atoms with Gasteiger partial charge in [0.1, 0.15) is 6.04 Å². The van der Waals surface area contributed by atoms with Crippen molar-refractivity contribution in [2.24, 2.45) is 5.92 Å². The smallest absolute Gasteiger partial charge is 0.320 e. The summed E-state index contributed by atoms with van der Waals surface area (Å²) in [5.74, 6) is -0.769. The Morgan fingerprint density at radius 3 is 2.25 bits per heavy atom. The van der Waals surface area contributed by atoms with Crippen molar-refractivity contribution in [1.29, 1.82) is 0 Å². The number of hydrogen-bond donors (Lipinski definition) is 4. The number of rotatable bonds is 8. The number of benzene rings is 1. The van der Waals surface area contributed by atoms with Crippen LogP contribution in [0.1, 0.15) is 25.8 Å². The van der Waals surface area contributed by atoms with Gasteiger partial charge in [-0.25, -0.2) is 0 Å². The number of carbonyl (C=O) groups is 1. The van der Waals surface area contributed by atoms with Crippen LogP contribution >= 0.6 is 0 Å². The van der Waals surface area contributed by atoms with E-state index in [1.165, 1.54) is 0 Å². The van der Waals surface area contributed by atoms with Crippen molar-refractivity contribution in [1.82, 2.24) is 5.32 Å². The molecule has 0 aliphatic heterocycles. The summed E-state index contributed by atoms with van der Waals surface area (Å²) < 4.78 is 0. The Morgan fingerprint density at radius 1 is 1.20 bits per heavy atom. The van der Waals surface area contributed by atoms with E-state index in [1.54, 1.807) is 0 Å². The zero-order valence-electron chi connectivity index (χ0n) is 11.9. The van der Waals surface area contributed by atoms with Crippen LogP contribution in [0.2, 0.25) is 0 Å². The highest BCUT2D eigenvalue weighted by Gasteiger charge is 2.26. The summed E-state index contributed by atoms with van der Waals surface area (Å²) in [6.45, 7) is 3.86. The molecule has 2 atom stereocenters. The fourth-order valence-corrected chi connectivity index (χ4v) is 2.09. The van der Waals surface area contributed by atoms with E-state index in [4.69, 9.17) is 0 Å². The second-order valence-electron chi connectivity index (χ2n) is 5.40. The molecule has 0 aromatic heterocycles. The van der Waals surface area contributed by atoms with E-state index < -0.39 is 24.3 Å². The molecule has 0 heterocycles. The Hall–Kier alpha value is -1.43. The topological polar surface area (TPSA) is 89.8 Å². The van der Waals surface area contributed by atoms with Gasteiger partial charge in [0.2, 0.25) is 0 Å². The van der Waals surface area contributed by atoms with Crippen LogP contribution in [-0.2, 0) is 11.2 Å². The van der Waals surface area contributed by atoms with E-state index in [1.807, 2.05) is 44.2 Å². The average molecular weight is 281 g/mol. The summed E-state index contributed by atoms with van der Waals surface area (Å²) in [5, 5.41) is 30.9. The molecular weight excluding hydrogens is 258 g/mol. The van der Waals surface area contributed by atoms with Gasteiger partial charge in [0.05, 0.1) is 6.04 Å². The Labute approximate surface area is 119 Å². The van der Waals surface area contributed by atoms with Crippen LogP contribution in [0.3, 0.4) is 0 Å². The molecule has 5 nitrogen and oxygen atoms in total. The third kappa shape index (κ3) is 5.69. The summed E-state index contributed by atoms with van der Waals surface area (Å²) in [5.41, 5.74) is 0.923. The molecule has 4 N–H and O–H groups in total. The highest BCUT2D eigenvalue weighted by atomic mass is 16.5. The fraction of sp³-hybridized carbons (Fsp3) is 0.533. The van der Waals surface area contributed by atoms with Crippen molar-refractivity contribution >= 4 is 5.97 Å². The van der Waals surface area contributed by atoms with Crippen LogP contribution in [0.4, 0.5) is 0 Å². The molecule has 0 aliphatic rings. The number of carboxylic acid groups (broad SMARTS) is 1. The third-order valence-electron chi connectivity index (χ3n) is 3.08. The minimum Gasteiger partial charge on any atom is -0.480 e. The van der Waals surface area contributed by atoms with Crippen LogP contribution in [-0.4, -0.2) is 39.7 Å². The van der Waals surface area contributed by atoms with Crippen LogP contribution < -0.4 is 5.32 Å². The number of aliphatic carboxylic acids is 1. The lowest BCUT2D eigenvalue weighted by Gasteiger charge is -2.25. The first-order valence-corrected chi connectivity index (χ1v) is 6.79. The maximum Gasteiger partial charge on any atom is 0.320 e. The number of aliphatic hydroxyl groups excluding tert-OH is 1. The molecule has 1 rings (SSSR count). The van der Waals surface area contributed by atoms with Crippen molar-refractivity contribution in [2.75, 3.05) is 0 Å². The Balaban J connectivity index is 2.72. The van der Waals surface area contributed by atoms with Crippen molar-refractivity contribution in [3.8, 4) is 0 Å². The Kier molecular flexibility index (Phi) is 6.64. The molecule has 20 heavy (non-hydrogen) atoms. The molecular formula is C15H23NO4. The molecule has 1 aromatic rings. The first-order chi connectivity index (χ1) is 9.40. The molecule has 112 valence electrons. The van der Waals surface area contributed by atoms with Crippen molar-refractivity contribution in [2.45, 2.75) is 45.1 Å². The monoisotopic (exact) mass is 281 g/mol.